The van der Waals surface area contributed by atoms with Gasteiger partial charge in [0.15, 0.2) is 46.5 Å². The van der Waals surface area contributed by atoms with Gasteiger partial charge in [-0.25, -0.2) is 35.1 Å². The van der Waals surface area contributed by atoms with Gasteiger partial charge in [0.1, 0.15) is 5.69 Å². The molecule has 140 valence electrons. The van der Waals surface area contributed by atoms with Crippen LogP contribution in [0.5, 0.6) is 0 Å². The molecule has 0 bridgehead atoms. The average Bonchev–Trinajstić information content (AvgIpc) is 2.63. The van der Waals surface area contributed by atoms with Gasteiger partial charge in [-0.05, 0) is 25.3 Å². The minimum absolute atomic E-state index is 0.0608. The van der Waals surface area contributed by atoms with Crippen LogP contribution in [-0.2, 0) is 0 Å². The molecule has 0 aromatic heterocycles. The molecule has 2 aromatic carbocycles. The maximum atomic E-state index is 14.4. The molecule has 1 aliphatic rings. The van der Waals surface area contributed by atoms with Gasteiger partial charge in [-0.1, -0.05) is 0 Å². The maximum Gasteiger partial charge on any atom is 0.198 e. The number of benzene rings is 2. The summed E-state index contributed by atoms with van der Waals surface area (Å²) >= 11 is 0. The van der Waals surface area contributed by atoms with E-state index in [1.165, 1.54) is 0 Å². The van der Waals surface area contributed by atoms with Crippen LogP contribution in [0.2, 0.25) is 0 Å². The second kappa shape index (κ2) is 6.77. The zero-order chi connectivity index (χ0) is 19.2. The normalized spacial score (nSPS) is 14.8. The van der Waals surface area contributed by atoms with Gasteiger partial charge in [-0.3, -0.25) is 0 Å². The van der Waals surface area contributed by atoms with Gasteiger partial charge in [0, 0.05) is 18.7 Å². The van der Waals surface area contributed by atoms with E-state index < -0.39 is 63.4 Å². The molecule has 0 amide bonds. The molecule has 0 saturated carbocycles. The zero-order valence-electron chi connectivity index (χ0n) is 13.1. The van der Waals surface area contributed by atoms with Crippen molar-refractivity contribution in [2.75, 3.05) is 18.0 Å². The summed E-state index contributed by atoms with van der Waals surface area (Å²) in [5.41, 5.74) is -4.07. The molecule has 0 N–H and O–H groups in total. The zero-order valence-corrected chi connectivity index (χ0v) is 13.1. The minimum Gasteiger partial charge on any atom is -0.367 e. The standard InChI is InChI=1S/C17H11F8N/c18-8-6-7(10(19)14(23)11(8)20)9-12(21)15(24)17(16(25)13(9)22)26-4-2-1-3-5-26/h6H,1-5H2. The van der Waals surface area contributed by atoms with Crippen molar-refractivity contribution in [3.63, 3.8) is 0 Å². The van der Waals surface area contributed by atoms with Gasteiger partial charge in [0.05, 0.1) is 5.56 Å². The number of rotatable bonds is 2. The highest BCUT2D eigenvalue weighted by Crippen LogP contribution is 2.39. The monoisotopic (exact) mass is 381 g/mol. The first kappa shape index (κ1) is 18.5. The van der Waals surface area contributed by atoms with E-state index in [2.05, 4.69) is 0 Å². The van der Waals surface area contributed by atoms with Gasteiger partial charge in [0.25, 0.3) is 0 Å². The lowest BCUT2D eigenvalue weighted by Crippen LogP contribution is -2.31. The van der Waals surface area contributed by atoms with Crippen LogP contribution < -0.4 is 4.90 Å². The fourth-order valence-electron chi connectivity index (χ4n) is 3.01. The number of hydrogen-bond acceptors (Lipinski definition) is 1. The molecule has 1 aliphatic heterocycles. The second-order valence-corrected chi connectivity index (χ2v) is 5.88. The Kier molecular flexibility index (Phi) is 4.81. The van der Waals surface area contributed by atoms with Crippen LogP contribution in [0.25, 0.3) is 11.1 Å². The molecule has 0 atom stereocenters. The molecule has 0 aliphatic carbocycles. The smallest absolute Gasteiger partial charge is 0.198 e. The van der Waals surface area contributed by atoms with E-state index in [1.807, 2.05) is 0 Å². The Morgan fingerprint density at radius 1 is 0.577 bits per heavy atom. The van der Waals surface area contributed by atoms with E-state index in [1.54, 1.807) is 0 Å². The Bertz CT molecular complexity index is 845. The molecule has 26 heavy (non-hydrogen) atoms. The van der Waals surface area contributed by atoms with E-state index in [0.29, 0.717) is 12.8 Å². The Morgan fingerprint density at radius 2 is 1.12 bits per heavy atom. The van der Waals surface area contributed by atoms with E-state index in [0.717, 1.165) is 11.3 Å². The van der Waals surface area contributed by atoms with Crippen molar-refractivity contribution in [3.05, 3.63) is 52.6 Å². The van der Waals surface area contributed by atoms with Crippen LogP contribution in [0.4, 0.5) is 40.8 Å². The molecule has 1 saturated heterocycles. The van der Waals surface area contributed by atoms with Gasteiger partial charge in [0.2, 0.25) is 0 Å². The summed E-state index contributed by atoms with van der Waals surface area (Å²) in [6.45, 7) is 0.306. The number of anilines is 1. The van der Waals surface area contributed by atoms with Gasteiger partial charge in [-0.15, -0.1) is 0 Å². The van der Waals surface area contributed by atoms with Crippen LogP contribution in [0.15, 0.2) is 6.07 Å². The highest BCUT2D eigenvalue weighted by Gasteiger charge is 2.32. The molecule has 0 spiro atoms. The third-order valence-corrected chi connectivity index (χ3v) is 4.28. The Balaban J connectivity index is 2.25. The highest BCUT2D eigenvalue weighted by molar-refractivity contribution is 5.70. The molecular formula is C17H11F8N. The first-order chi connectivity index (χ1) is 12.3. The first-order valence-corrected chi connectivity index (χ1v) is 7.70. The maximum absolute atomic E-state index is 14.4. The minimum atomic E-state index is -2.35. The summed E-state index contributed by atoms with van der Waals surface area (Å²) in [6.07, 6.45) is 1.88. The predicted octanol–water partition coefficient (Wildman–Crippen LogP) is 5.46. The number of piperidine rings is 1. The second-order valence-electron chi connectivity index (χ2n) is 5.88. The molecule has 1 nitrogen and oxygen atoms in total. The van der Waals surface area contributed by atoms with Crippen LogP contribution in [0.1, 0.15) is 19.3 Å². The molecule has 1 heterocycles. The largest absolute Gasteiger partial charge is 0.367 e. The summed E-state index contributed by atoms with van der Waals surface area (Å²) in [7, 11) is 0. The third-order valence-electron chi connectivity index (χ3n) is 4.28. The molecule has 0 radical (unpaired) electrons. The molecule has 2 aromatic rings. The van der Waals surface area contributed by atoms with Crippen LogP contribution in [0, 0.1) is 46.5 Å². The lowest BCUT2D eigenvalue weighted by molar-refractivity contribution is 0.408. The molecule has 3 rings (SSSR count). The number of hydrogen-bond donors (Lipinski definition) is 0. The van der Waals surface area contributed by atoms with E-state index in [9.17, 15) is 35.1 Å². The molecule has 1 fully saturated rings. The van der Waals surface area contributed by atoms with Gasteiger partial charge >= 0.3 is 0 Å². The van der Waals surface area contributed by atoms with E-state index >= 15 is 0 Å². The van der Waals surface area contributed by atoms with E-state index in [4.69, 9.17) is 0 Å². The fourth-order valence-corrected chi connectivity index (χ4v) is 3.01. The number of nitrogens with zero attached hydrogens (tertiary/aromatic N) is 1. The fraction of sp³-hybridized carbons (Fsp3) is 0.294. The van der Waals surface area contributed by atoms with Crippen LogP contribution >= 0.6 is 0 Å². The Morgan fingerprint density at radius 3 is 1.65 bits per heavy atom. The highest BCUT2D eigenvalue weighted by atomic mass is 19.2. The Hall–Kier alpha value is -2.32. The lowest BCUT2D eigenvalue weighted by atomic mass is 10.0. The molecule has 0 unspecified atom stereocenters. The van der Waals surface area contributed by atoms with Crippen molar-refractivity contribution >= 4 is 5.69 Å². The summed E-state index contributed by atoms with van der Waals surface area (Å²) in [4.78, 5) is 1.10. The first-order valence-electron chi connectivity index (χ1n) is 7.70. The van der Waals surface area contributed by atoms with Crippen LogP contribution in [0.3, 0.4) is 0 Å². The topological polar surface area (TPSA) is 3.24 Å². The van der Waals surface area contributed by atoms with Crippen molar-refractivity contribution < 1.29 is 35.1 Å². The third kappa shape index (κ3) is 2.79. The predicted molar refractivity (Wildman–Crippen MR) is 77.6 cm³/mol. The van der Waals surface area contributed by atoms with Crippen molar-refractivity contribution in [2.45, 2.75) is 19.3 Å². The average molecular weight is 381 g/mol. The van der Waals surface area contributed by atoms with Gasteiger partial charge < -0.3 is 4.90 Å². The SMILES string of the molecule is Fc1cc(-c2c(F)c(F)c(N3CCCCC3)c(F)c2F)c(F)c(F)c1F. The van der Waals surface area contributed by atoms with E-state index in [-0.39, 0.29) is 19.2 Å². The Labute approximate surface area is 142 Å². The van der Waals surface area contributed by atoms with Crippen molar-refractivity contribution in [1.29, 1.82) is 0 Å². The lowest BCUT2D eigenvalue weighted by Gasteiger charge is -2.30. The van der Waals surface area contributed by atoms with Crippen molar-refractivity contribution in [3.8, 4) is 11.1 Å². The summed E-state index contributed by atoms with van der Waals surface area (Å²) in [6, 6.07) is -0.0608. The quantitative estimate of drug-likeness (QED) is 0.380. The summed E-state index contributed by atoms with van der Waals surface area (Å²) in [5.74, 6) is -16.3. The molecular weight excluding hydrogens is 370 g/mol. The van der Waals surface area contributed by atoms with Crippen molar-refractivity contribution in [2.24, 2.45) is 0 Å². The summed E-state index contributed by atoms with van der Waals surface area (Å²) in [5, 5.41) is 0. The van der Waals surface area contributed by atoms with Crippen LogP contribution in [-0.4, -0.2) is 13.1 Å². The molecule has 9 heteroatoms. The van der Waals surface area contributed by atoms with Crippen molar-refractivity contribution in [1.82, 2.24) is 0 Å². The van der Waals surface area contributed by atoms with Gasteiger partial charge in [-0.2, -0.15) is 0 Å². The number of halogens is 8. The summed E-state index contributed by atoms with van der Waals surface area (Å²) < 4.78 is 111.